The van der Waals surface area contributed by atoms with Crippen LogP contribution in [0, 0.1) is 12.7 Å². The summed E-state index contributed by atoms with van der Waals surface area (Å²) >= 11 is 3.22. The molecule has 0 aromatic heterocycles. The molecule has 0 atom stereocenters. The van der Waals surface area contributed by atoms with Crippen LogP contribution in [0.1, 0.15) is 5.56 Å². The molecular weight excluding hydrogens is 254 g/mol. The van der Waals surface area contributed by atoms with E-state index in [1.165, 1.54) is 6.07 Å². The minimum absolute atomic E-state index is 0.327. The Morgan fingerprint density at radius 1 is 1.38 bits per heavy atom. The third kappa shape index (κ3) is 2.41. The van der Waals surface area contributed by atoms with Crippen LogP contribution in [0.15, 0.2) is 16.6 Å². The normalized spacial score (nSPS) is 11.8. The summed E-state index contributed by atoms with van der Waals surface area (Å²) in [5.41, 5.74) is 0.903. The molecule has 0 saturated carbocycles. The number of benzene rings is 1. The van der Waals surface area contributed by atoms with Gasteiger partial charge in [-0.3, -0.25) is 0 Å². The van der Waals surface area contributed by atoms with Gasteiger partial charge in [-0.1, -0.05) is 15.9 Å². The summed E-state index contributed by atoms with van der Waals surface area (Å²) in [6, 6.07) is 3.00. The van der Waals surface area contributed by atoms with E-state index in [1.54, 1.807) is 19.4 Å². The molecule has 0 aliphatic carbocycles. The van der Waals surface area contributed by atoms with Gasteiger partial charge in [0.15, 0.2) is 0 Å². The summed E-state index contributed by atoms with van der Waals surface area (Å²) in [6.45, 7) is 4.99. The molecule has 0 heterocycles. The van der Waals surface area contributed by atoms with Crippen molar-refractivity contribution in [1.29, 1.82) is 0 Å². The molecule has 13 heavy (non-hydrogen) atoms. The first-order valence-corrected chi connectivity index (χ1v) is 7.23. The minimum atomic E-state index is -2.50. The Balaban J connectivity index is 3.41. The first kappa shape index (κ1) is 10.9. The Morgan fingerprint density at radius 2 is 1.92 bits per heavy atom. The van der Waals surface area contributed by atoms with Crippen molar-refractivity contribution in [3.05, 3.63) is 28.0 Å². The molecule has 0 radical (unpaired) electrons. The highest BCUT2D eigenvalue weighted by Crippen LogP contribution is 2.36. The molecule has 0 fully saturated rings. The average molecular weight is 265 g/mol. The smallest absolute Gasteiger partial charge is 0.135 e. The van der Waals surface area contributed by atoms with E-state index in [4.69, 9.17) is 0 Å². The van der Waals surface area contributed by atoms with Crippen LogP contribution in [0.25, 0.3) is 0 Å². The quantitative estimate of drug-likeness (QED) is 0.713. The topological polar surface area (TPSA) is 17.1 Å². The highest BCUT2D eigenvalue weighted by Gasteiger charge is 2.17. The number of aryl methyl sites for hydroxylation is 1. The van der Waals surface area contributed by atoms with Gasteiger partial charge in [0.05, 0.1) is 0 Å². The lowest BCUT2D eigenvalue weighted by Crippen LogP contribution is -2.09. The molecule has 1 aromatic rings. The molecule has 1 aromatic carbocycles. The third-order valence-corrected chi connectivity index (χ3v) is 4.17. The largest absolute Gasteiger partial charge is 0.319 e. The van der Waals surface area contributed by atoms with E-state index in [0.717, 1.165) is 5.56 Å². The maximum atomic E-state index is 13.3. The van der Waals surface area contributed by atoms with Crippen molar-refractivity contribution in [3.8, 4) is 0 Å². The van der Waals surface area contributed by atoms with Crippen LogP contribution in [0.3, 0.4) is 0 Å². The van der Waals surface area contributed by atoms with Gasteiger partial charge in [-0.25, -0.2) is 4.39 Å². The van der Waals surface area contributed by atoms with E-state index in [-0.39, 0.29) is 0 Å². The zero-order valence-corrected chi connectivity index (χ0v) is 10.2. The zero-order valence-electron chi connectivity index (χ0n) is 7.77. The van der Waals surface area contributed by atoms with Crippen molar-refractivity contribution in [1.82, 2.24) is 0 Å². The van der Waals surface area contributed by atoms with E-state index in [2.05, 4.69) is 15.9 Å². The van der Waals surface area contributed by atoms with Gasteiger partial charge in [0.25, 0.3) is 0 Å². The van der Waals surface area contributed by atoms with Crippen LogP contribution in [0.4, 0.5) is 4.39 Å². The van der Waals surface area contributed by atoms with Gasteiger partial charge in [0.1, 0.15) is 13.0 Å². The Labute approximate surface area is 85.8 Å². The predicted octanol–water partition coefficient (Wildman–Crippen LogP) is 3.14. The molecule has 0 unspecified atom stereocenters. The highest BCUT2D eigenvalue weighted by molar-refractivity contribution is 9.10. The average Bonchev–Trinajstić information content (AvgIpc) is 1.94. The summed E-state index contributed by atoms with van der Waals surface area (Å²) in [7, 11) is -2.50. The Morgan fingerprint density at radius 3 is 2.38 bits per heavy atom. The van der Waals surface area contributed by atoms with Gasteiger partial charge < -0.3 is 4.57 Å². The lowest BCUT2D eigenvalue weighted by atomic mass is 10.2. The fraction of sp³-hybridized carbons (Fsp3) is 0.333. The van der Waals surface area contributed by atoms with Gasteiger partial charge in [-0.2, -0.15) is 0 Å². The molecule has 1 nitrogen and oxygen atoms in total. The molecule has 0 spiro atoms. The van der Waals surface area contributed by atoms with Gasteiger partial charge in [0.2, 0.25) is 0 Å². The van der Waals surface area contributed by atoms with Crippen LogP contribution in [0.2, 0.25) is 0 Å². The first-order chi connectivity index (χ1) is 5.82. The first-order valence-electron chi connectivity index (χ1n) is 3.83. The molecule has 1 rings (SSSR count). The maximum Gasteiger partial charge on any atom is 0.135 e. The predicted molar refractivity (Wildman–Crippen MR) is 57.9 cm³/mol. The van der Waals surface area contributed by atoms with E-state index in [1.807, 2.05) is 6.92 Å². The maximum absolute atomic E-state index is 13.3. The lowest BCUT2D eigenvalue weighted by Gasteiger charge is -2.10. The molecule has 0 saturated heterocycles. The van der Waals surface area contributed by atoms with Crippen molar-refractivity contribution in [3.63, 3.8) is 0 Å². The Kier molecular flexibility index (Phi) is 2.98. The van der Waals surface area contributed by atoms with Gasteiger partial charge in [-0.05, 0) is 37.9 Å². The van der Waals surface area contributed by atoms with Crippen LogP contribution in [0.5, 0.6) is 0 Å². The molecule has 0 bridgehead atoms. The van der Waals surface area contributed by atoms with Crippen molar-refractivity contribution in [2.75, 3.05) is 13.3 Å². The van der Waals surface area contributed by atoms with E-state index >= 15 is 0 Å². The minimum Gasteiger partial charge on any atom is -0.319 e. The molecule has 4 heteroatoms. The van der Waals surface area contributed by atoms with Crippen LogP contribution < -0.4 is 5.30 Å². The van der Waals surface area contributed by atoms with Crippen LogP contribution in [-0.2, 0) is 4.57 Å². The number of hydrogen-bond donors (Lipinski definition) is 0. The fourth-order valence-electron chi connectivity index (χ4n) is 1.05. The second kappa shape index (κ2) is 3.55. The number of rotatable bonds is 1. The monoisotopic (exact) mass is 264 g/mol. The highest BCUT2D eigenvalue weighted by atomic mass is 79.9. The third-order valence-electron chi connectivity index (χ3n) is 1.81. The molecule has 0 aliphatic heterocycles. The van der Waals surface area contributed by atoms with Gasteiger partial charge in [0, 0.05) is 9.78 Å². The standard InChI is InChI=1S/C9H11BrFOP/c1-6-4-9(13(2,3)12)8(11)5-7(6)10/h4-5H,1-3H3. The fourth-order valence-corrected chi connectivity index (χ4v) is 2.45. The second-order valence-electron chi connectivity index (χ2n) is 3.40. The zero-order chi connectivity index (χ0) is 10.2. The summed E-state index contributed by atoms with van der Waals surface area (Å²) in [5, 5.41) is 0.327. The Hall–Kier alpha value is -0.140. The second-order valence-corrected chi connectivity index (χ2v) is 7.44. The van der Waals surface area contributed by atoms with Crippen molar-refractivity contribution in [2.45, 2.75) is 6.92 Å². The number of hydrogen-bond acceptors (Lipinski definition) is 1. The van der Waals surface area contributed by atoms with E-state index < -0.39 is 13.0 Å². The van der Waals surface area contributed by atoms with Gasteiger partial charge in [-0.15, -0.1) is 0 Å². The summed E-state index contributed by atoms with van der Waals surface area (Å²) in [6.07, 6.45) is 0. The lowest BCUT2D eigenvalue weighted by molar-refractivity contribution is 0.584. The van der Waals surface area contributed by atoms with E-state index in [9.17, 15) is 8.96 Å². The molecular formula is C9H11BrFOP. The SMILES string of the molecule is Cc1cc(P(C)(C)=O)c(F)cc1Br. The molecule has 0 aliphatic rings. The van der Waals surface area contributed by atoms with Crippen molar-refractivity contribution in [2.24, 2.45) is 0 Å². The van der Waals surface area contributed by atoms with Crippen LogP contribution >= 0.6 is 23.1 Å². The molecule has 72 valence electrons. The number of halogens is 2. The van der Waals surface area contributed by atoms with Gasteiger partial charge >= 0.3 is 0 Å². The summed E-state index contributed by atoms with van der Waals surface area (Å²) in [4.78, 5) is 0. The summed E-state index contributed by atoms with van der Waals surface area (Å²) < 4.78 is 25.7. The van der Waals surface area contributed by atoms with E-state index in [0.29, 0.717) is 9.78 Å². The Bertz CT molecular complexity index is 383. The van der Waals surface area contributed by atoms with Crippen LogP contribution in [-0.4, -0.2) is 13.3 Å². The molecule has 0 amide bonds. The summed E-state index contributed by atoms with van der Waals surface area (Å²) in [5.74, 6) is -0.397. The molecule has 0 N–H and O–H groups in total. The van der Waals surface area contributed by atoms with Crippen molar-refractivity contribution >= 4 is 28.4 Å². The van der Waals surface area contributed by atoms with Crippen molar-refractivity contribution < 1.29 is 8.96 Å².